The summed E-state index contributed by atoms with van der Waals surface area (Å²) < 4.78 is 15.7. The summed E-state index contributed by atoms with van der Waals surface area (Å²) >= 11 is 13.5. The fourth-order valence-electron chi connectivity index (χ4n) is 2.21. The third-order valence-corrected chi connectivity index (χ3v) is 4.34. The summed E-state index contributed by atoms with van der Waals surface area (Å²) in [6.07, 6.45) is 4.96. The lowest BCUT2D eigenvalue weighted by atomic mass is 10.3. The number of benzene rings is 1. The van der Waals surface area contributed by atoms with Crippen LogP contribution in [0.15, 0.2) is 12.1 Å². The maximum Gasteiger partial charge on any atom is 0.144 e. The molecule has 0 saturated heterocycles. The van der Waals surface area contributed by atoms with Gasteiger partial charge in [-0.1, -0.05) is 11.6 Å². The van der Waals surface area contributed by atoms with Crippen molar-refractivity contribution in [3.8, 4) is 0 Å². The van der Waals surface area contributed by atoms with Crippen molar-refractivity contribution in [2.75, 3.05) is 17.9 Å². The molecule has 2 nitrogen and oxygen atoms in total. The van der Waals surface area contributed by atoms with E-state index in [-0.39, 0.29) is 5.02 Å². The van der Waals surface area contributed by atoms with Crippen LogP contribution < -0.4 is 0 Å². The topological polar surface area (TPSA) is 17.8 Å². The normalized spacial score (nSPS) is 11.4. The van der Waals surface area contributed by atoms with Gasteiger partial charge in [0.2, 0.25) is 0 Å². The first-order valence-electron chi connectivity index (χ1n) is 6.56. The average Bonchev–Trinajstić information content (AvgIpc) is 2.73. The summed E-state index contributed by atoms with van der Waals surface area (Å²) in [6, 6.07) is 3.05. The van der Waals surface area contributed by atoms with Crippen molar-refractivity contribution in [3.63, 3.8) is 0 Å². The second-order valence-corrected chi connectivity index (χ2v) is 6.34. The van der Waals surface area contributed by atoms with Crippen LogP contribution in [-0.2, 0) is 13.0 Å². The van der Waals surface area contributed by atoms with Gasteiger partial charge >= 0.3 is 0 Å². The molecule has 1 aromatic carbocycles. The second-order valence-electron chi connectivity index (χ2n) is 4.57. The smallest absolute Gasteiger partial charge is 0.144 e. The lowest BCUT2D eigenvalue weighted by molar-refractivity contribution is 0.614. The van der Waals surface area contributed by atoms with Crippen LogP contribution in [0.4, 0.5) is 4.39 Å². The van der Waals surface area contributed by atoms with E-state index in [0.717, 1.165) is 42.0 Å². The molecule has 0 aliphatic carbocycles. The summed E-state index contributed by atoms with van der Waals surface area (Å²) in [4.78, 5) is 4.53. The summed E-state index contributed by atoms with van der Waals surface area (Å²) in [6.45, 7) is 0.838. The summed E-state index contributed by atoms with van der Waals surface area (Å²) in [5.41, 5.74) is 1.54. The van der Waals surface area contributed by atoms with Gasteiger partial charge in [0.05, 0.1) is 16.1 Å². The van der Waals surface area contributed by atoms with E-state index in [0.29, 0.717) is 12.3 Å². The number of hydrogen-bond acceptors (Lipinski definition) is 2. The van der Waals surface area contributed by atoms with Crippen LogP contribution >= 0.6 is 35.0 Å². The highest BCUT2D eigenvalue weighted by Crippen LogP contribution is 2.24. The Labute approximate surface area is 132 Å². The van der Waals surface area contributed by atoms with Crippen molar-refractivity contribution in [1.29, 1.82) is 0 Å². The Balaban J connectivity index is 2.32. The molecule has 0 radical (unpaired) electrons. The highest BCUT2D eigenvalue weighted by atomic mass is 35.5. The van der Waals surface area contributed by atoms with Gasteiger partial charge in [0, 0.05) is 24.9 Å². The number of alkyl halides is 1. The fourth-order valence-corrected chi connectivity index (χ4v) is 3.03. The Morgan fingerprint density at radius 1 is 1.35 bits per heavy atom. The maximum absolute atomic E-state index is 13.7. The Kier molecular flexibility index (Phi) is 6.00. The quantitative estimate of drug-likeness (QED) is 0.537. The first-order chi connectivity index (χ1) is 9.67. The van der Waals surface area contributed by atoms with Gasteiger partial charge in [-0.2, -0.15) is 11.8 Å². The second kappa shape index (κ2) is 7.53. The Morgan fingerprint density at radius 3 is 2.85 bits per heavy atom. The van der Waals surface area contributed by atoms with Crippen molar-refractivity contribution in [2.24, 2.45) is 0 Å². The molecule has 0 aliphatic heterocycles. The van der Waals surface area contributed by atoms with Crippen molar-refractivity contribution >= 4 is 46.0 Å². The van der Waals surface area contributed by atoms with E-state index in [4.69, 9.17) is 23.2 Å². The van der Waals surface area contributed by atoms with E-state index in [1.165, 1.54) is 6.07 Å². The van der Waals surface area contributed by atoms with Gasteiger partial charge in [0.1, 0.15) is 11.6 Å². The van der Waals surface area contributed by atoms with E-state index in [1.54, 1.807) is 6.07 Å². The van der Waals surface area contributed by atoms with Gasteiger partial charge in [0.25, 0.3) is 0 Å². The number of nitrogens with zero attached hydrogens (tertiary/aromatic N) is 2. The predicted octanol–water partition coefficient (Wildman–Crippen LogP) is 4.75. The average molecular weight is 335 g/mol. The molecule has 0 amide bonds. The molecule has 2 rings (SSSR count). The minimum atomic E-state index is -0.401. The van der Waals surface area contributed by atoms with Gasteiger partial charge in [-0.25, -0.2) is 9.37 Å². The molecule has 0 aliphatic rings. The first kappa shape index (κ1) is 15.9. The third-order valence-electron chi connectivity index (χ3n) is 3.17. The largest absolute Gasteiger partial charge is 0.328 e. The van der Waals surface area contributed by atoms with Gasteiger partial charge in [0.15, 0.2) is 0 Å². The van der Waals surface area contributed by atoms with E-state index < -0.39 is 5.82 Å². The molecule has 1 heterocycles. The molecule has 0 bridgehead atoms. The molecular weight excluding hydrogens is 318 g/mol. The molecule has 6 heteroatoms. The summed E-state index contributed by atoms with van der Waals surface area (Å²) in [5.74, 6) is 2.14. The van der Waals surface area contributed by atoms with Crippen LogP contribution in [0.2, 0.25) is 5.02 Å². The molecule has 20 heavy (non-hydrogen) atoms. The monoisotopic (exact) mass is 334 g/mol. The minimum Gasteiger partial charge on any atom is -0.328 e. The van der Waals surface area contributed by atoms with E-state index in [9.17, 15) is 4.39 Å². The first-order valence-corrected chi connectivity index (χ1v) is 8.87. The predicted molar refractivity (Wildman–Crippen MR) is 86.7 cm³/mol. The molecule has 110 valence electrons. The zero-order valence-electron chi connectivity index (χ0n) is 11.3. The fraction of sp³-hybridized carbons (Fsp3) is 0.500. The van der Waals surface area contributed by atoms with Gasteiger partial charge < -0.3 is 4.57 Å². The summed E-state index contributed by atoms with van der Waals surface area (Å²) in [5, 5.41) is 0.113. The number of hydrogen-bond donors (Lipinski definition) is 0. The maximum atomic E-state index is 13.7. The standard InChI is InChI=1S/C14H17Cl2FN2S/c1-20-7-3-2-6-19-13-9-11(17)10(16)8-12(13)18-14(19)4-5-15/h8-9H,2-7H2,1H3. The molecule has 1 aromatic heterocycles. The van der Waals surface area contributed by atoms with Crippen LogP contribution in [0, 0.1) is 5.82 Å². The van der Waals surface area contributed by atoms with Crippen molar-refractivity contribution < 1.29 is 4.39 Å². The van der Waals surface area contributed by atoms with E-state index in [2.05, 4.69) is 15.8 Å². The van der Waals surface area contributed by atoms with Crippen LogP contribution in [-0.4, -0.2) is 27.4 Å². The highest BCUT2D eigenvalue weighted by molar-refractivity contribution is 7.98. The number of imidazole rings is 1. The number of rotatable bonds is 7. The number of aryl methyl sites for hydroxylation is 2. The molecule has 0 unspecified atom stereocenters. The minimum absolute atomic E-state index is 0.113. The van der Waals surface area contributed by atoms with Crippen LogP contribution in [0.5, 0.6) is 0 Å². The van der Waals surface area contributed by atoms with Crippen LogP contribution in [0.25, 0.3) is 11.0 Å². The van der Waals surface area contributed by atoms with Crippen LogP contribution in [0.3, 0.4) is 0 Å². The molecule has 0 atom stereocenters. The molecule has 0 N–H and O–H groups in total. The number of unbranched alkanes of at least 4 members (excludes halogenated alkanes) is 1. The highest BCUT2D eigenvalue weighted by Gasteiger charge is 2.13. The number of fused-ring (bicyclic) bond motifs is 1. The SMILES string of the molecule is CSCCCCn1c(CCCl)nc2cc(Cl)c(F)cc21. The van der Waals surface area contributed by atoms with Crippen molar-refractivity contribution in [1.82, 2.24) is 9.55 Å². The number of aromatic nitrogens is 2. The van der Waals surface area contributed by atoms with Crippen LogP contribution in [0.1, 0.15) is 18.7 Å². The number of thioether (sulfide) groups is 1. The lowest BCUT2D eigenvalue weighted by Gasteiger charge is -2.08. The Hall–Kier alpha value is -0.450. The Morgan fingerprint density at radius 2 is 2.15 bits per heavy atom. The van der Waals surface area contributed by atoms with Gasteiger partial charge in [-0.05, 0) is 30.9 Å². The third kappa shape index (κ3) is 3.60. The van der Waals surface area contributed by atoms with Gasteiger partial charge in [-0.15, -0.1) is 11.6 Å². The molecule has 2 aromatic rings. The Bertz CT molecular complexity index is 586. The van der Waals surface area contributed by atoms with Gasteiger partial charge in [-0.3, -0.25) is 0 Å². The molecular formula is C14H17Cl2FN2S. The van der Waals surface area contributed by atoms with Crippen molar-refractivity contribution in [3.05, 3.63) is 28.8 Å². The number of halogens is 3. The van der Waals surface area contributed by atoms with E-state index >= 15 is 0 Å². The lowest BCUT2D eigenvalue weighted by Crippen LogP contribution is -2.05. The zero-order valence-corrected chi connectivity index (χ0v) is 13.7. The summed E-state index contributed by atoms with van der Waals surface area (Å²) in [7, 11) is 0. The molecule has 0 fully saturated rings. The van der Waals surface area contributed by atoms with Crippen molar-refractivity contribution in [2.45, 2.75) is 25.8 Å². The zero-order chi connectivity index (χ0) is 14.5. The molecule has 0 spiro atoms. The van der Waals surface area contributed by atoms with E-state index in [1.807, 2.05) is 11.8 Å². The molecule has 0 saturated carbocycles.